The van der Waals surface area contributed by atoms with Crippen LogP contribution in [0.5, 0.6) is 0 Å². The monoisotopic (exact) mass is 428 g/mol. The molecule has 3 aromatic rings. The molecule has 0 fully saturated rings. The van der Waals surface area contributed by atoms with Crippen LogP contribution in [0.15, 0.2) is 60.2 Å². The molecule has 0 bridgehead atoms. The van der Waals surface area contributed by atoms with Gasteiger partial charge in [-0.1, -0.05) is 59.6 Å². The third kappa shape index (κ3) is 5.06. The number of para-hydroxylation sites is 1. The summed E-state index contributed by atoms with van der Waals surface area (Å²) in [6.45, 7) is 5.00. The number of hydrogen-bond donors (Lipinski definition) is 1. The van der Waals surface area contributed by atoms with Crippen LogP contribution in [-0.4, -0.2) is 11.1 Å². The first-order chi connectivity index (χ1) is 13.7. The van der Waals surface area contributed by atoms with Crippen molar-refractivity contribution in [1.29, 1.82) is 0 Å². The molecule has 4 heteroatoms. The minimum Gasteiger partial charge on any atom is -0.340 e. The molecular weight excluding hydrogens is 399 g/mol. The highest BCUT2D eigenvalue weighted by Gasteiger charge is 2.14. The van der Waals surface area contributed by atoms with Crippen molar-refractivity contribution in [3.05, 3.63) is 82.0 Å². The number of allylic oxidation sites excluding steroid dienone is 1. The van der Waals surface area contributed by atoms with Crippen molar-refractivity contribution in [3.63, 3.8) is 0 Å². The fraction of sp³-hybridized carbons (Fsp3) is 0.360. The van der Waals surface area contributed by atoms with E-state index in [1.807, 2.05) is 12.1 Å². The highest BCUT2D eigenvalue weighted by atomic mass is 35.5. The van der Waals surface area contributed by atoms with Gasteiger partial charge in [-0.3, -0.25) is 0 Å². The summed E-state index contributed by atoms with van der Waals surface area (Å²) in [5, 5.41) is 5.87. The third-order valence-corrected chi connectivity index (χ3v) is 6.33. The summed E-state index contributed by atoms with van der Waals surface area (Å²) in [7, 11) is 0. The van der Waals surface area contributed by atoms with Crippen LogP contribution in [0.4, 0.5) is 0 Å². The molecule has 0 spiro atoms. The molecule has 0 amide bonds. The maximum Gasteiger partial charge on any atom is 0.0493 e. The Morgan fingerprint density at radius 1 is 1.03 bits per heavy atom. The molecule has 29 heavy (non-hydrogen) atoms. The lowest BCUT2D eigenvalue weighted by Crippen LogP contribution is -2.16. The van der Waals surface area contributed by atoms with E-state index in [2.05, 4.69) is 59.3 Å². The van der Waals surface area contributed by atoms with E-state index >= 15 is 0 Å². The largest absolute Gasteiger partial charge is 0.340 e. The van der Waals surface area contributed by atoms with Crippen molar-refractivity contribution in [2.24, 2.45) is 0 Å². The van der Waals surface area contributed by atoms with Crippen LogP contribution < -0.4 is 5.32 Å². The highest BCUT2D eigenvalue weighted by Crippen LogP contribution is 2.28. The molecule has 0 saturated carbocycles. The molecule has 1 aliphatic carbocycles. The van der Waals surface area contributed by atoms with E-state index in [0.29, 0.717) is 0 Å². The molecule has 0 saturated heterocycles. The molecule has 1 heterocycles. The molecule has 0 atom stereocenters. The van der Waals surface area contributed by atoms with Crippen molar-refractivity contribution < 1.29 is 0 Å². The van der Waals surface area contributed by atoms with Gasteiger partial charge in [0.25, 0.3) is 0 Å². The minimum atomic E-state index is 0. The zero-order chi connectivity index (χ0) is 19.3. The van der Waals surface area contributed by atoms with Gasteiger partial charge in [-0.15, -0.1) is 12.4 Å². The second-order valence-electron chi connectivity index (χ2n) is 7.79. The summed E-state index contributed by atoms with van der Waals surface area (Å²) in [5.41, 5.74) is 6.81. The molecule has 0 aliphatic heterocycles. The topological polar surface area (TPSA) is 17.0 Å². The van der Waals surface area contributed by atoms with Gasteiger partial charge in [0.05, 0.1) is 0 Å². The van der Waals surface area contributed by atoms with E-state index < -0.39 is 0 Å². The molecule has 2 nitrogen and oxygen atoms in total. The molecule has 1 aromatic heterocycles. The molecule has 1 aliphatic rings. The lowest BCUT2D eigenvalue weighted by molar-refractivity contribution is 0.631. The van der Waals surface area contributed by atoms with E-state index in [-0.39, 0.29) is 12.4 Å². The number of fused-ring (bicyclic) bond motifs is 1. The number of rotatable bonds is 7. The summed E-state index contributed by atoms with van der Waals surface area (Å²) < 4.78 is 2.40. The zero-order valence-corrected chi connectivity index (χ0v) is 18.7. The van der Waals surface area contributed by atoms with Gasteiger partial charge in [-0.25, -0.2) is 0 Å². The van der Waals surface area contributed by atoms with E-state index in [1.165, 1.54) is 54.3 Å². The van der Waals surface area contributed by atoms with Crippen molar-refractivity contribution in [2.75, 3.05) is 6.54 Å². The zero-order valence-electron chi connectivity index (χ0n) is 17.1. The average Bonchev–Trinajstić information content (AvgIpc) is 2.99. The molecular formula is C25H30Cl2N2. The Morgan fingerprint density at radius 3 is 2.62 bits per heavy atom. The van der Waals surface area contributed by atoms with Crippen molar-refractivity contribution in [1.82, 2.24) is 9.88 Å². The molecule has 154 valence electrons. The fourth-order valence-corrected chi connectivity index (χ4v) is 4.52. The van der Waals surface area contributed by atoms with Gasteiger partial charge in [-0.05, 0) is 68.8 Å². The van der Waals surface area contributed by atoms with Gasteiger partial charge in [0.1, 0.15) is 0 Å². The van der Waals surface area contributed by atoms with E-state index in [4.69, 9.17) is 11.6 Å². The second-order valence-corrected chi connectivity index (χ2v) is 8.20. The van der Waals surface area contributed by atoms with Crippen molar-refractivity contribution >= 4 is 34.9 Å². The first kappa shape index (κ1) is 22.0. The predicted molar refractivity (Wildman–Crippen MR) is 127 cm³/mol. The lowest BCUT2D eigenvalue weighted by atomic mass is 9.97. The van der Waals surface area contributed by atoms with E-state index in [9.17, 15) is 0 Å². The Balaban J connectivity index is 0.00000240. The number of nitrogens with zero attached hydrogens (tertiary/aromatic N) is 1. The normalized spacial score (nSPS) is 13.9. The Morgan fingerprint density at radius 2 is 1.83 bits per heavy atom. The van der Waals surface area contributed by atoms with Gasteiger partial charge in [-0.2, -0.15) is 0 Å². The number of aromatic nitrogens is 1. The average molecular weight is 429 g/mol. The number of nitrogens with one attached hydrogen (secondary N) is 1. The van der Waals surface area contributed by atoms with E-state index in [0.717, 1.165) is 30.2 Å². The molecule has 2 aromatic carbocycles. The maximum absolute atomic E-state index is 6.43. The standard InChI is InChI=1S/C25H29ClN2.ClH/c1-19-23(17-27-16-15-20-9-3-2-4-10-20)22-12-6-8-14-25(22)28(19)18-21-11-5-7-13-24(21)26;/h5-9,11-14,27H,2-4,10,15-18H2,1H3;1H. The summed E-state index contributed by atoms with van der Waals surface area (Å²) >= 11 is 6.43. The molecule has 4 rings (SSSR count). The minimum absolute atomic E-state index is 0. The van der Waals surface area contributed by atoms with Crippen LogP contribution >= 0.6 is 24.0 Å². The van der Waals surface area contributed by atoms with Gasteiger partial charge in [0.2, 0.25) is 0 Å². The van der Waals surface area contributed by atoms with Crippen LogP contribution in [0.2, 0.25) is 5.02 Å². The Bertz CT molecular complexity index is 988. The fourth-order valence-electron chi connectivity index (χ4n) is 4.32. The van der Waals surface area contributed by atoms with Crippen LogP contribution in [-0.2, 0) is 13.1 Å². The van der Waals surface area contributed by atoms with Crippen molar-refractivity contribution in [2.45, 2.75) is 52.1 Å². The first-order valence-corrected chi connectivity index (χ1v) is 10.8. The smallest absolute Gasteiger partial charge is 0.0493 e. The highest BCUT2D eigenvalue weighted by molar-refractivity contribution is 6.31. The van der Waals surface area contributed by atoms with Crippen LogP contribution in [0.25, 0.3) is 10.9 Å². The van der Waals surface area contributed by atoms with Crippen LogP contribution in [0.1, 0.15) is 48.9 Å². The van der Waals surface area contributed by atoms with Gasteiger partial charge in [0, 0.05) is 34.7 Å². The predicted octanol–water partition coefficient (Wildman–Crippen LogP) is 7.05. The quantitative estimate of drug-likeness (QED) is 0.314. The van der Waals surface area contributed by atoms with E-state index in [1.54, 1.807) is 5.57 Å². The first-order valence-electron chi connectivity index (χ1n) is 10.4. The molecule has 1 N–H and O–H groups in total. The number of benzene rings is 2. The maximum atomic E-state index is 6.43. The third-order valence-electron chi connectivity index (χ3n) is 5.96. The van der Waals surface area contributed by atoms with Gasteiger partial charge in [0.15, 0.2) is 0 Å². The number of hydrogen-bond acceptors (Lipinski definition) is 1. The van der Waals surface area contributed by atoms with Gasteiger partial charge < -0.3 is 9.88 Å². The molecule has 0 radical (unpaired) electrons. The summed E-state index contributed by atoms with van der Waals surface area (Å²) in [4.78, 5) is 0. The second kappa shape index (κ2) is 10.3. The summed E-state index contributed by atoms with van der Waals surface area (Å²) in [5.74, 6) is 0. The van der Waals surface area contributed by atoms with Crippen LogP contribution in [0, 0.1) is 6.92 Å². The van der Waals surface area contributed by atoms with Crippen LogP contribution in [0.3, 0.4) is 0 Å². The SMILES string of the molecule is Cc1c(CNCCC2=CCCCC2)c2ccccc2n1Cc1ccccc1Cl.Cl. The van der Waals surface area contributed by atoms with Crippen molar-refractivity contribution in [3.8, 4) is 0 Å². The van der Waals surface area contributed by atoms with Gasteiger partial charge >= 0.3 is 0 Å². The lowest BCUT2D eigenvalue weighted by Gasteiger charge is -2.13. The summed E-state index contributed by atoms with van der Waals surface area (Å²) in [6, 6.07) is 16.9. The Hall–Kier alpha value is -1.74. The molecule has 0 unspecified atom stereocenters. The summed E-state index contributed by atoms with van der Waals surface area (Å²) in [6.07, 6.45) is 8.91. The Labute approximate surface area is 185 Å². The number of halogens is 2. The Kier molecular flexibility index (Phi) is 7.83.